The van der Waals surface area contributed by atoms with Gasteiger partial charge < -0.3 is 10.1 Å². The third-order valence-electron chi connectivity index (χ3n) is 3.00. The van der Waals surface area contributed by atoms with Crippen LogP contribution in [0.15, 0.2) is 12.1 Å². The molecule has 104 valence electrons. The minimum Gasteiger partial charge on any atom is -0.443 e. The van der Waals surface area contributed by atoms with Crippen LogP contribution in [0.3, 0.4) is 0 Å². The molecular formula is C15H22N2O2. The Morgan fingerprint density at radius 1 is 1.32 bits per heavy atom. The number of nitrogens with zero attached hydrogens (tertiary/aromatic N) is 1. The average Bonchev–Trinajstić information content (AvgIpc) is 2.25. The Morgan fingerprint density at radius 3 is 2.63 bits per heavy atom. The highest BCUT2D eigenvalue weighted by Crippen LogP contribution is 2.34. The van der Waals surface area contributed by atoms with Crippen LogP contribution in [0, 0.1) is 13.8 Å². The molecule has 1 aromatic carbocycles. The van der Waals surface area contributed by atoms with Crippen molar-refractivity contribution in [1.29, 1.82) is 0 Å². The lowest BCUT2D eigenvalue weighted by Gasteiger charge is -2.33. The molecule has 0 fully saturated rings. The van der Waals surface area contributed by atoms with Crippen LogP contribution < -0.4 is 10.2 Å². The minimum absolute atomic E-state index is 0.278. The second-order valence-corrected chi connectivity index (χ2v) is 6.03. The topological polar surface area (TPSA) is 41.6 Å². The third-order valence-corrected chi connectivity index (χ3v) is 3.00. The monoisotopic (exact) mass is 262 g/mol. The number of anilines is 2. The van der Waals surface area contributed by atoms with E-state index in [0.29, 0.717) is 6.54 Å². The Kier molecular flexibility index (Phi) is 3.43. The second kappa shape index (κ2) is 4.76. The van der Waals surface area contributed by atoms with Gasteiger partial charge in [-0.15, -0.1) is 0 Å². The average molecular weight is 262 g/mol. The van der Waals surface area contributed by atoms with Crippen molar-refractivity contribution < 1.29 is 9.53 Å². The minimum atomic E-state index is -0.471. The van der Waals surface area contributed by atoms with E-state index in [4.69, 9.17) is 4.74 Å². The molecule has 0 aliphatic carbocycles. The number of amides is 1. The van der Waals surface area contributed by atoms with E-state index in [0.717, 1.165) is 29.0 Å². The van der Waals surface area contributed by atoms with Gasteiger partial charge in [0.25, 0.3) is 0 Å². The number of ether oxygens (including phenoxy) is 1. The Labute approximate surface area is 114 Å². The molecule has 1 aliphatic rings. The van der Waals surface area contributed by atoms with Gasteiger partial charge in [0.2, 0.25) is 0 Å². The van der Waals surface area contributed by atoms with Crippen molar-refractivity contribution in [3.63, 3.8) is 0 Å². The summed E-state index contributed by atoms with van der Waals surface area (Å²) in [5.41, 5.74) is 3.78. The van der Waals surface area contributed by atoms with Crippen LogP contribution in [0.5, 0.6) is 0 Å². The fourth-order valence-corrected chi connectivity index (χ4v) is 2.31. The predicted octanol–water partition coefficient (Wildman–Crippen LogP) is 3.47. The molecule has 4 heteroatoms. The van der Waals surface area contributed by atoms with Gasteiger partial charge >= 0.3 is 6.09 Å². The highest BCUT2D eigenvalue weighted by atomic mass is 16.6. The van der Waals surface area contributed by atoms with Crippen molar-refractivity contribution in [1.82, 2.24) is 0 Å². The summed E-state index contributed by atoms with van der Waals surface area (Å²) in [5, 5.41) is 3.36. The third kappa shape index (κ3) is 3.00. The lowest BCUT2D eigenvalue weighted by atomic mass is 10.1. The first-order valence-corrected chi connectivity index (χ1v) is 6.63. The number of rotatable bonds is 0. The number of carbonyl (C=O) groups excluding carboxylic acids is 1. The number of benzene rings is 1. The summed E-state index contributed by atoms with van der Waals surface area (Å²) in [6, 6.07) is 4.14. The van der Waals surface area contributed by atoms with Crippen LogP contribution in [0.25, 0.3) is 0 Å². The van der Waals surface area contributed by atoms with Crippen molar-refractivity contribution in [3.8, 4) is 0 Å². The molecule has 0 saturated heterocycles. The summed E-state index contributed by atoms with van der Waals surface area (Å²) in [7, 11) is 0. The van der Waals surface area contributed by atoms with Crippen LogP contribution in [0.2, 0.25) is 0 Å². The molecule has 1 aromatic rings. The van der Waals surface area contributed by atoms with Gasteiger partial charge in [0.05, 0.1) is 11.4 Å². The molecule has 2 rings (SSSR count). The number of carbonyl (C=O) groups is 1. The summed E-state index contributed by atoms with van der Waals surface area (Å²) in [4.78, 5) is 14.0. The van der Waals surface area contributed by atoms with Crippen LogP contribution in [0.4, 0.5) is 16.2 Å². The van der Waals surface area contributed by atoms with Crippen molar-refractivity contribution in [3.05, 3.63) is 23.3 Å². The predicted molar refractivity (Wildman–Crippen MR) is 78.0 cm³/mol. The summed E-state index contributed by atoms with van der Waals surface area (Å²) in [5.74, 6) is 0. The number of aryl methyl sites for hydroxylation is 2. The van der Waals surface area contributed by atoms with Crippen molar-refractivity contribution in [2.75, 3.05) is 23.3 Å². The molecule has 0 spiro atoms. The van der Waals surface area contributed by atoms with Crippen LogP contribution in [0.1, 0.15) is 31.9 Å². The molecule has 1 aliphatic heterocycles. The molecular weight excluding hydrogens is 240 g/mol. The Balaban J connectivity index is 2.34. The maximum Gasteiger partial charge on any atom is 0.414 e. The molecule has 19 heavy (non-hydrogen) atoms. The normalized spacial score (nSPS) is 14.7. The molecule has 0 atom stereocenters. The molecule has 0 saturated carbocycles. The van der Waals surface area contributed by atoms with E-state index in [1.165, 1.54) is 0 Å². The van der Waals surface area contributed by atoms with Gasteiger partial charge in [-0.25, -0.2) is 4.79 Å². The van der Waals surface area contributed by atoms with E-state index in [1.54, 1.807) is 4.90 Å². The SMILES string of the molecule is Cc1cc(C)c2c(c1)N(C(=O)OC(C)(C)C)CCN2. The zero-order valence-corrected chi connectivity index (χ0v) is 12.3. The lowest BCUT2D eigenvalue weighted by Crippen LogP contribution is -2.42. The number of hydrogen-bond acceptors (Lipinski definition) is 3. The first-order valence-electron chi connectivity index (χ1n) is 6.63. The Bertz CT molecular complexity index is 504. The Hall–Kier alpha value is -1.71. The second-order valence-electron chi connectivity index (χ2n) is 6.03. The van der Waals surface area contributed by atoms with Gasteiger partial charge in [-0.05, 0) is 51.8 Å². The highest BCUT2D eigenvalue weighted by Gasteiger charge is 2.27. The van der Waals surface area contributed by atoms with Gasteiger partial charge in [-0.3, -0.25) is 4.90 Å². The van der Waals surface area contributed by atoms with E-state index in [-0.39, 0.29) is 6.09 Å². The van der Waals surface area contributed by atoms with Crippen LogP contribution >= 0.6 is 0 Å². The maximum absolute atomic E-state index is 12.3. The summed E-state index contributed by atoms with van der Waals surface area (Å²) in [6.45, 7) is 11.1. The summed E-state index contributed by atoms with van der Waals surface area (Å²) < 4.78 is 5.47. The van der Waals surface area contributed by atoms with E-state index in [9.17, 15) is 4.79 Å². The first-order chi connectivity index (χ1) is 8.78. The van der Waals surface area contributed by atoms with E-state index in [2.05, 4.69) is 18.3 Å². The molecule has 4 nitrogen and oxygen atoms in total. The van der Waals surface area contributed by atoms with Gasteiger partial charge in [-0.2, -0.15) is 0 Å². The van der Waals surface area contributed by atoms with Crippen molar-refractivity contribution in [2.24, 2.45) is 0 Å². The van der Waals surface area contributed by atoms with Gasteiger partial charge in [0.15, 0.2) is 0 Å². The quantitative estimate of drug-likeness (QED) is 0.778. The van der Waals surface area contributed by atoms with E-state index >= 15 is 0 Å². The van der Waals surface area contributed by atoms with Gasteiger partial charge in [0.1, 0.15) is 5.60 Å². The van der Waals surface area contributed by atoms with E-state index in [1.807, 2.05) is 33.8 Å². The smallest absolute Gasteiger partial charge is 0.414 e. The fraction of sp³-hybridized carbons (Fsp3) is 0.533. The van der Waals surface area contributed by atoms with E-state index < -0.39 is 5.60 Å². The standard InChI is InChI=1S/C15H22N2O2/c1-10-8-11(2)13-12(9-10)17(7-6-16-13)14(18)19-15(3,4)5/h8-9,16H,6-7H2,1-5H3. The zero-order valence-electron chi connectivity index (χ0n) is 12.3. The number of hydrogen-bond donors (Lipinski definition) is 1. The van der Waals surface area contributed by atoms with Crippen LogP contribution in [-0.2, 0) is 4.74 Å². The van der Waals surface area contributed by atoms with Gasteiger partial charge in [0, 0.05) is 13.1 Å². The highest BCUT2D eigenvalue weighted by molar-refractivity contribution is 5.94. The molecule has 0 unspecified atom stereocenters. The Morgan fingerprint density at radius 2 is 2.00 bits per heavy atom. The number of nitrogens with one attached hydrogen (secondary N) is 1. The molecule has 0 aromatic heterocycles. The van der Waals surface area contributed by atoms with Crippen molar-refractivity contribution in [2.45, 2.75) is 40.2 Å². The summed E-state index contributed by atoms with van der Waals surface area (Å²) >= 11 is 0. The first kappa shape index (κ1) is 13.7. The molecule has 0 radical (unpaired) electrons. The van der Waals surface area contributed by atoms with Crippen molar-refractivity contribution >= 4 is 17.5 Å². The zero-order chi connectivity index (χ0) is 14.2. The van der Waals surface area contributed by atoms with Gasteiger partial charge in [-0.1, -0.05) is 6.07 Å². The molecule has 1 N–H and O–H groups in total. The summed E-state index contributed by atoms with van der Waals surface area (Å²) in [6.07, 6.45) is -0.278. The molecule has 1 heterocycles. The largest absolute Gasteiger partial charge is 0.443 e. The fourth-order valence-electron chi connectivity index (χ4n) is 2.31. The lowest BCUT2D eigenvalue weighted by molar-refractivity contribution is 0.0581. The maximum atomic E-state index is 12.3. The number of fused-ring (bicyclic) bond motifs is 1. The molecule has 0 bridgehead atoms. The van der Waals surface area contributed by atoms with Crippen LogP contribution in [-0.4, -0.2) is 24.8 Å². The molecule has 1 amide bonds.